The van der Waals surface area contributed by atoms with Crippen molar-refractivity contribution in [1.82, 2.24) is 0 Å². The highest BCUT2D eigenvalue weighted by molar-refractivity contribution is 7.93. The van der Waals surface area contributed by atoms with Gasteiger partial charge in [-0.3, -0.25) is 0 Å². The van der Waals surface area contributed by atoms with Gasteiger partial charge in [-0.05, 0) is 6.07 Å². The maximum absolute atomic E-state index is 11.0. The molecule has 0 bridgehead atoms. The van der Waals surface area contributed by atoms with Crippen molar-refractivity contribution in [2.45, 2.75) is 4.90 Å². The molecular formula is C6H6N2O3S. The Bertz CT molecular complexity index is 296. The Morgan fingerprint density at radius 3 is 2.83 bits per heavy atom. The molecule has 1 aliphatic rings. The Labute approximate surface area is 72.7 Å². The monoisotopic (exact) mass is 186 g/mol. The van der Waals surface area contributed by atoms with E-state index in [1.165, 1.54) is 0 Å². The first-order valence-electron chi connectivity index (χ1n) is 3.30. The molecule has 5 nitrogen and oxygen atoms in total. The molecule has 2 N–H and O–H groups in total. The van der Waals surface area contributed by atoms with E-state index in [4.69, 9.17) is 0 Å². The van der Waals surface area contributed by atoms with E-state index in [-0.39, 0.29) is 0 Å². The number of rotatable bonds is 0. The molecular weight excluding hydrogens is 180 g/mol. The molecule has 12 heavy (non-hydrogen) atoms. The van der Waals surface area contributed by atoms with Gasteiger partial charge in [0, 0.05) is 11.0 Å². The van der Waals surface area contributed by atoms with Crippen molar-refractivity contribution >= 4 is 17.6 Å². The minimum Gasteiger partial charge on any atom is -0.590 e. The van der Waals surface area contributed by atoms with Gasteiger partial charge in [-0.15, -0.1) is 9.86 Å². The summed E-state index contributed by atoms with van der Waals surface area (Å²) in [4.78, 5) is 5.06. The molecule has 0 aliphatic carbocycles. The van der Waals surface area contributed by atoms with Crippen LogP contribution in [0.25, 0.3) is 0 Å². The Kier molecular flexibility index (Phi) is 2.01. The predicted molar refractivity (Wildman–Crippen MR) is 41.7 cm³/mol. The van der Waals surface area contributed by atoms with Gasteiger partial charge in [-0.25, -0.2) is 0 Å². The van der Waals surface area contributed by atoms with Crippen molar-refractivity contribution < 1.29 is 14.8 Å². The lowest BCUT2D eigenvalue weighted by Gasteiger charge is -2.27. The third kappa shape index (κ3) is 1.31. The molecule has 1 aromatic rings. The van der Waals surface area contributed by atoms with Gasteiger partial charge < -0.3 is 10.4 Å². The molecule has 0 amide bonds. The molecule has 2 unspecified atom stereocenters. The van der Waals surface area contributed by atoms with Crippen LogP contribution in [0.2, 0.25) is 0 Å². The largest absolute Gasteiger partial charge is 0.590 e. The van der Waals surface area contributed by atoms with Crippen molar-refractivity contribution in [1.29, 1.82) is 0 Å². The van der Waals surface area contributed by atoms with Crippen LogP contribution in [0.15, 0.2) is 29.2 Å². The summed E-state index contributed by atoms with van der Waals surface area (Å²) in [7, 11) is 0. The first-order valence-corrected chi connectivity index (χ1v) is 4.12. The van der Waals surface area contributed by atoms with E-state index in [1.807, 2.05) is 0 Å². The highest BCUT2D eigenvalue weighted by atomic mass is 32.2. The smallest absolute Gasteiger partial charge is 0.188 e. The number of nitrogens with one attached hydrogen (secondary N) is 2. The summed E-state index contributed by atoms with van der Waals surface area (Å²) in [5.41, 5.74) is 0.460. The lowest BCUT2D eigenvalue weighted by molar-refractivity contribution is -1.24. The van der Waals surface area contributed by atoms with E-state index in [2.05, 4.69) is 4.94 Å². The Morgan fingerprint density at radius 1 is 1.25 bits per heavy atom. The van der Waals surface area contributed by atoms with Gasteiger partial charge in [-0.1, -0.05) is 12.1 Å². The van der Waals surface area contributed by atoms with Gasteiger partial charge in [0.25, 0.3) is 0 Å². The normalized spacial score (nSPS) is 28.2. The Hall–Kier alpha value is -0.630. The van der Waals surface area contributed by atoms with Crippen molar-refractivity contribution in [2.24, 2.45) is 0 Å². The summed E-state index contributed by atoms with van der Waals surface area (Å²) in [5, 5.41) is 21.2. The summed E-state index contributed by atoms with van der Waals surface area (Å²) < 4.78 is -0.557. The quantitative estimate of drug-likeness (QED) is 0.401. The molecule has 1 heterocycles. The van der Waals surface area contributed by atoms with Crippen LogP contribution >= 0.6 is 11.9 Å². The molecule has 2 atom stereocenters. The summed E-state index contributed by atoms with van der Waals surface area (Å²) in [6.07, 6.45) is 0. The first-order chi connectivity index (χ1) is 5.77. The molecule has 1 aliphatic heterocycles. The SMILES string of the molecule is [O-][NH+]1O[NH+]([O-])c2ccccc2S1. The molecule has 0 radical (unpaired) electrons. The molecule has 6 heteroatoms. The van der Waals surface area contributed by atoms with Gasteiger partial charge in [0.05, 0.1) is 0 Å². The highest BCUT2D eigenvalue weighted by Gasteiger charge is 2.24. The summed E-state index contributed by atoms with van der Waals surface area (Å²) in [6.45, 7) is 0. The van der Waals surface area contributed by atoms with E-state index in [9.17, 15) is 10.4 Å². The van der Waals surface area contributed by atoms with E-state index >= 15 is 0 Å². The maximum atomic E-state index is 11.0. The summed E-state index contributed by atoms with van der Waals surface area (Å²) in [5.74, 6) is 0. The van der Waals surface area contributed by atoms with E-state index in [0.717, 1.165) is 11.9 Å². The predicted octanol–water partition coefficient (Wildman–Crippen LogP) is -1.05. The fraction of sp³-hybridized carbons (Fsp3) is 0. The lowest BCUT2D eigenvalue weighted by atomic mass is 10.3. The number of hydrogen-bond donors (Lipinski definition) is 2. The van der Waals surface area contributed by atoms with Crippen LogP contribution in [-0.4, -0.2) is 0 Å². The van der Waals surface area contributed by atoms with Crippen LogP contribution in [0.3, 0.4) is 0 Å². The fourth-order valence-corrected chi connectivity index (χ4v) is 1.67. The van der Waals surface area contributed by atoms with Crippen molar-refractivity contribution in [3.05, 3.63) is 34.7 Å². The first kappa shape index (κ1) is 7.99. The molecule has 0 saturated carbocycles. The van der Waals surface area contributed by atoms with Crippen LogP contribution in [-0.2, 0) is 4.94 Å². The Morgan fingerprint density at radius 2 is 2.00 bits per heavy atom. The summed E-state index contributed by atoms with van der Waals surface area (Å²) >= 11 is 0.934. The number of benzene rings is 1. The minimum absolute atomic E-state index is 0.460. The zero-order chi connectivity index (χ0) is 8.55. The minimum atomic E-state index is -0.561. The molecule has 1 aromatic carbocycles. The van der Waals surface area contributed by atoms with Gasteiger partial charge in [0.2, 0.25) is 0 Å². The molecule has 0 aromatic heterocycles. The topological polar surface area (TPSA) is 64.2 Å². The molecule has 64 valence electrons. The van der Waals surface area contributed by atoms with E-state index in [1.54, 1.807) is 24.3 Å². The number of hydrogen-bond acceptors (Lipinski definition) is 4. The average molecular weight is 186 g/mol. The van der Waals surface area contributed by atoms with Crippen LogP contribution < -0.4 is 9.86 Å². The van der Waals surface area contributed by atoms with Gasteiger partial charge in [0.15, 0.2) is 17.6 Å². The number of fused-ring (bicyclic) bond motifs is 1. The van der Waals surface area contributed by atoms with Crippen molar-refractivity contribution in [3.8, 4) is 0 Å². The van der Waals surface area contributed by atoms with Gasteiger partial charge in [0.1, 0.15) is 4.90 Å². The van der Waals surface area contributed by atoms with Gasteiger partial charge in [-0.2, -0.15) is 0 Å². The molecule has 0 fully saturated rings. The Balaban J connectivity index is 2.40. The third-order valence-corrected chi connectivity index (χ3v) is 2.30. The van der Waals surface area contributed by atoms with Crippen LogP contribution in [0.5, 0.6) is 0 Å². The molecule has 2 rings (SSSR count). The lowest BCUT2D eigenvalue weighted by Crippen LogP contribution is -3.21. The molecule has 0 spiro atoms. The van der Waals surface area contributed by atoms with Crippen molar-refractivity contribution in [3.63, 3.8) is 0 Å². The maximum Gasteiger partial charge on any atom is 0.188 e. The second kappa shape index (κ2) is 3.02. The average Bonchev–Trinajstić information content (AvgIpc) is 2.04. The summed E-state index contributed by atoms with van der Waals surface area (Å²) in [6, 6.07) is 6.86. The highest BCUT2D eigenvalue weighted by Crippen LogP contribution is 2.20. The zero-order valence-corrected chi connectivity index (χ0v) is 6.76. The van der Waals surface area contributed by atoms with E-state index in [0.29, 0.717) is 10.6 Å². The fourth-order valence-electron chi connectivity index (χ4n) is 0.966. The van der Waals surface area contributed by atoms with E-state index < -0.39 is 9.86 Å². The van der Waals surface area contributed by atoms with Crippen LogP contribution in [0.1, 0.15) is 0 Å². The van der Waals surface area contributed by atoms with Crippen LogP contribution in [0.4, 0.5) is 5.69 Å². The molecule has 0 saturated heterocycles. The second-order valence-electron chi connectivity index (χ2n) is 2.24. The zero-order valence-electron chi connectivity index (χ0n) is 5.94. The standard InChI is InChI=1S/C6H6N2O3S/c9-7-5-3-1-2-4-6(5)12-8(10)11-7/h1-4,7-8H. The van der Waals surface area contributed by atoms with Gasteiger partial charge >= 0.3 is 0 Å². The van der Waals surface area contributed by atoms with Crippen molar-refractivity contribution in [2.75, 3.05) is 0 Å². The number of quaternary nitrogens is 2. The second-order valence-corrected chi connectivity index (χ2v) is 3.22. The third-order valence-electron chi connectivity index (χ3n) is 1.48. The van der Waals surface area contributed by atoms with Crippen LogP contribution in [0, 0.1) is 10.4 Å².